The molecule has 2 heterocycles. The standard InChI is InChI=1S/C41H51FN4O5/c1-27(13-15-32-28(2)14-16-34-40(3,4)35(47)17-18-41(32,34)5)23-36(48)43-19-21-44(22-20-43)37(49)26-45-25-33(42)38(50)46(39(45)51)24-30-11-8-10-29-9-6-7-12-31(29)30/h6-12,23,25,32,34-35,47H,2,13-22,24,26H2,1,3-5H3/b27-23+/t32-,34-,35-,41+/m1/s1. The van der Waals surface area contributed by atoms with Gasteiger partial charge in [-0.1, -0.05) is 81.0 Å². The second-order valence-corrected chi connectivity index (χ2v) is 15.8. The summed E-state index contributed by atoms with van der Waals surface area (Å²) >= 11 is 0. The number of carbonyl (C=O) groups is 2. The fourth-order valence-corrected chi connectivity index (χ4v) is 9.34. The third kappa shape index (κ3) is 7.12. The minimum atomic E-state index is -1.11. The number of aliphatic hydroxyl groups excluding tert-OH is 1. The molecule has 2 aromatic carbocycles. The van der Waals surface area contributed by atoms with Gasteiger partial charge in [0.25, 0.3) is 5.56 Å². The van der Waals surface area contributed by atoms with Crippen LogP contribution in [0.2, 0.25) is 0 Å². The highest BCUT2D eigenvalue weighted by molar-refractivity contribution is 5.88. The summed E-state index contributed by atoms with van der Waals surface area (Å²) in [5.41, 5.74) is 1.13. The van der Waals surface area contributed by atoms with Crippen LogP contribution in [0.5, 0.6) is 0 Å². The van der Waals surface area contributed by atoms with Crippen molar-refractivity contribution in [3.8, 4) is 0 Å². The molecule has 10 heteroatoms. The van der Waals surface area contributed by atoms with E-state index < -0.39 is 23.6 Å². The lowest BCUT2D eigenvalue weighted by Gasteiger charge is -2.59. The van der Waals surface area contributed by atoms with Gasteiger partial charge in [-0.15, -0.1) is 0 Å². The summed E-state index contributed by atoms with van der Waals surface area (Å²) in [6, 6.07) is 13.1. The molecule has 4 atom stereocenters. The Balaban J connectivity index is 1.05. The zero-order chi connectivity index (χ0) is 36.7. The molecule has 1 aromatic heterocycles. The van der Waals surface area contributed by atoms with Crippen LogP contribution in [-0.2, 0) is 22.7 Å². The van der Waals surface area contributed by atoms with Gasteiger partial charge >= 0.3 is 5.69 Å². The summed E-state index contributed by atoms with van der Waals surface area (Å²) in [4.78, 5) is 55.9. The van der Waals surface area contributed by atoms with Crippen LogP contribution in [0.3, 0.4) is 0 Å². The molecule has 0 spiro atoms. The third-order valence-corrected chi connectivity index (χ3v) is 12.4. The van der Waals surface area contributed by atoms with Crippen molar-refractivity contribution >= 4 is 22.6 Å². The summed E-state index contributed by atoms with van der Waals surface area (Å²) in [5.74, 6) is -0.818. The quantitative estimate of drug-likeness (QED) is 0.247. The van der Waals surface area contributed by atoms with E-state index in [0.717, 1.165) is 70.2 Å². The number of benzene rings is 2. The van der Waals surface area contributed by atoms with Gasteiger partial charge in [-0.25, -0.2) is 4.79 Å². The molecule has 2 saturated carbocycles. The van der Waals surface area contributed by atoms with Gasteiger partial charge < -0.3 is 14.9 Å². The van der Waals surface area contributed by atoms with E-state index >= 15 is 0 Å². The summed E-state index contributed by atoms with van der Waals surface area (Å²) < 4.78 is 16.6. The number of carbonyl (C=O) groups excluding carboxylic acids is 2. The van der Waals surface area contributed by atoms with E-state index in [-0.39, 0.29) is 48.4 Å². The molecule has 0 unspecified atom stereocenters. The van der Waals surface area contributed by atoms with E-state index in [1.54, 1.807) is 21.9 Å². The van der Waals surface area contributed by atoms with Crippen LogP contribution in [0, 0.1) is 28.5 Å². The van der Waals surface area contributed by atoms with Crippen molar-refractivity contribution in [1.82, 2.24) is 18.9 Å². The molecular formula is C41H51FN4O5. The molecule has 2 amide bonds. The first-order chi connectivity index (χ1) is 24.2. The number of allylic oxidation sites excluding steroid dienone is 2. The third-order valence-electron chi connectivity index (χ3n) is 12.4. The van der Waals surface area contributed by atoms with Crippen LogP contribution in [0.15, 0.2) is 82.1 Å². The first-order valence-electron chi connectivity index (χ1n) is 18.3. The topological polar surface area (TPSA) is 105 Å². The van der Waals surface area contributed by atoms with Crippen LogP contribution >= 0.6 is 0 Å². The van der Waals surface area contributed by atoms with Crippen LogP contribution in [-0.4, -0.2) is 68.1 Å². The predicted molar refractivity (Wildman–Crippen MR) is 197 cm³/mol. The molecule has 6 rings (SSSR count). The highest BCUT2D eigenvalue weighted by atomic mass is 19.1. The molecule has 3 aliphatic rings. The SMILES string of the molecule is C=C1CC[C@@H]2C(C)(C)[C@H](O)CC[C@@]2(C)[C@@H]1CC/C(C)=C/C(=O)N1CCN(C(=O)Cn2cc(F)c(=O)n(Cc3cccc4ccccc34)c2=O)CC1. The fourth-order valence-electron chi connectivity index (χ4n) is 9.34. The van der Waals surface area contributed by atoms with Crippen LogP contribution in [0.25, 0.3) is 10.8 Å². The zero-order valence-corrected chi connectivity index (χ0v) is 30.4. The highest BCUT2D eigenvalue weighted by Crippen LogP contribution is 2.61. The lowest BCUT2D eigenvalue weighted by molar-refractivity contribution is -0.137. The van der Waals surface area contributed by atoms with Gasteiger partial charge in [0.05, 0.1) is 18.8 Å². The maximum absolute atomic E-state index is 14.8. The molecule has 0 radical (unpaired) electrons. The van der Waals surface area contributed by atoms with Crippen molar-refractivity contribution in [2.24, 2.45) is 22.7 Å². The number of piperazine rings is 1. The molecule has 1 N–H and O–H groups in total. The lowest BCUT2D eigenvalue weighted by atomic mass is 9.46. The Morgan fingerprint density at radius 3 is 2.43 bits per heavy atom. The van der Waals surface area contributed by atoms with Gasteiger partial charge in [0, 0.05) is 32.3 Å². The molecule has 272 valence electrons. The van der Waals surface area contributed by atoms with Gasteiger partial charge in [0.15, 0.2) is 0 Å². The van der Waals surface area contributed by atoms with Gasteiger partial charge in [-0.3, -0.25) is 23.5 Å². The van der Waals surface area contributed by atoms with E-state index in [2.05, 4.69) is 27.4 Å². The van der Waals surface area contributed by atoms with E-state index in [9.17, 15) is 28.7 Å². The molecule has 9 nitrogen and oxygen atoms in total. The van der Waals surface area contributed by atoms with Crippen molar-refractivity contribution in [3.63, 3.8) is 0 Å². The van der Waals surface area contributed by atoms with Crippen LogP contribution < -0.4 is 11.2 Å². The normalized spacial score (nSPS) is 25.2. The van der Waals surface area contributed by atoms with Crippen molar-refractivity contribution in [2.45, 2.75) is 85.4 Å². The Morgan fingerprint density at radius 2 is 1.69 bits per heavy atom. The number of aromatic nitrogens is 2. The molecule has 0 bridgehead atoms. The monoisotopic (exact) mass is 698 g/mol. The molecule has 3 fully saturated rings. The second kappa shape index (κ2) is 14.4. The Morgan fingerprint density at radius 1 is 1.00 bits per heavy atom. The number of rotatable bonds is 8. The highest BCUT2D eigenvalue weighted by Gasteiger charge is 2.55. The van der Waals surface area contributed by atoms with Gasteiger partial charge in [-0.2, -0.15) is 4.39 Å². The minimum Gasteiger partial charge on any atom is -0.393 e. The summed E-state index contributed by atoms with van der Waals surface area (Å²) in [6.45, 7) is 14.0. The fraction of sp³-hybridized carbons (Fsp3) is 0.512. The van der Waals surface area contributed by atoms with Crippen molar-refractivity contribution in [2.75, 3.05) is 26.2 Å². The smallest absolute Gasteiger partial charge is 0.331 e. The predicted octanol–water partition coefficient (Wildman–Crippen LogP) is 5.52. The number of nitrogens with zero attached hydrogens (tertiary/aromatic N) is 4. The van der Waals surface area contributed by atoms with E-state index in [1.165, 1.54) is 5.57 Å². The number of hydrogen-bond acceptors (Lipinski definition) is 5. The molecule has 3 aromatic rings. The maximum atomic E-state index is 14.8. The summed E-state index contributed by atoms with van der Waals surface area (Å²) in [7, 11) is 0. The zero-order valence-electron chi connectivity index (χ0n) is 30.4. The number of hydrogen-bond donors (Lipinski definition) is 1. The molecule has 51 heavy (non-hydrogen) atoms. The van der Waals surface area contributed by atoms with Crippen molar-refractivity contribution in [1.29, 1.82) is 0 Å². The molecule has 2 aliphatic carbocycles. The molecule has 1 saturated heterocycles. The number of aliphatic hydroxyl groups is 1. The van der Waals surface area contributed by atoms with Gasteiger partial charge in [0.2, 0.25) is 17.6 Å². The number of halogens is 1. The first kappa shape index (κ1) is 36.5. The number of amides is 2. The average molecular weight is 699 g/mol. The lowest BCUT2D eigenvalue weighted by Crippen LogP contribution is -2.54. The molecular weight excluding hydrogens is 647 g/mol. The first-order valence-corrected chi connectivity index (χ1v) is 18.3. The van der Waals surface area contributed by atoms with Crippen LogP contribution in [0.1, 0.15) is 71.8 Å². The van der Waals surface area contributed by atoms with E-state index in [0.29, 0.717) is 30.5 Å². The minimum absolute atomic E-state index is 0.0796. The van der Waals surface area contributed by atoms with E-state index in [4.69, 9.17) is 0 Å². The Hall–Kier alpha value is -4.31. The van der Waals surface area contributed by atoms with Gasteiger partial charge in [-0.05, 0) is 84.5 Å². The number of fused-ring (bicyclic) bond motifs is 2. The average Bonchev–Trinajstić information content (AvgIpc) is 3.10. The van der Waals surface area contributed by atoms with E-state index in [1.807, 2.05) is 43.3 Å². The molecule has 1 aliphatic heterocycles. The van der Waals surface area contributed by atoms with Crippen LogP contribution in [0.4, 0.5) is 4.39 Å². The van der Waals surface area contributed by atoms with Crippen molar-refractivity contribution in [3.05, 3.63) is 105 Å². The summed E-state index contributed by atoms with van der Waals surface area (Å²) in [5, 5.41) is 12.6. The van der Waals surface area contributed by atoms with Gasteiger partial charge in [0.1, 0.15) is 6.54 Å². The van der Waals surface area contributed by atoms with Crippen molar-refractivity contribution < 1.29 is 19.1 Å². The Labute approximate surface area is 299 Å². The maximum Gasteiger partial charge on any atom is 0.331 e. The Bertz CT molecular complexity index is 1980. The Kier molecular flexibility index (Phi) is 10.3. The largest absolute Gasteiger partial charge is 0.393 e. The summed E-state index contributed by atoms with van der Waals surface area (Å²) in [6.07, 6.45) is 7.75. The second-order valence-electron chi connectivity index (χ2n) is 15.8.